The van der Waals surface area contributed by atoms with Gasteiger partial charge in [0.05, 0.1) is 6.54 Å². The molecular formula is C16H14BrN3O2. The van der Waals surface area contributed by atoms with E-state index in [1.807, 2.05) is 54.6 Å². The molecule has 2 aromatic carbocycles. The van der Waals surface area contributed by atoms with E-state index < -0.39 is 0 Å². The molecule has 5 nitrogen and oxygen atoms in total. The van der Waals surface area contributed by atoms with E-state index in [-0.39, 0.29) is 6.61 Å². The summed E-state index contributed by atoms with van der Waals surface area (Å²) < 4.78 is 12.1. The molecule has 6 heteroatoms. The smallest absolute Gasteiger partial charge is 0.253 e. The molecule has 3 rings (SSSR count). The molecule has 3 aromatic rings. The average Bonchev–Trinajstić information content (AvgIpc) is 3.01. The average molecular weight is 360 g/mol. The first kappa shape index (κ1) is 14.6. The Hall–Kier alpha value is -2.34. The highest BCUT2D eigenvalue weighted by Crippen LogP contribution is 2.15. The number of nitrogens with zero attached hydrogens (tertiary/aromatic N) is 2. The maximum atomic E-state index is 5.56. The van der Waals surface area contributed by atoms with Gasteiger partial charge >= 0.3 is 0 Å². The predicted molar refractivity (Wildman–Crippen MR) is 86.5 cm³/mol. The number of anilines is 1. The second-order valence-corrected chi connectivity index (χ2v) is 5.47. The largest absolute Gasteiger partial charge is 0.484 e. The van der Waals surface area contributed by atoms with Crippen LogP contribution in [0.2, 0.25) is 0 Å². The van der Waals surface area contributed by atoms with Crippen molar-refractivity contribution in [3.05, 3.63) is 70.9 Å². The zero-order valence-corrected chi connectivity index (χ0v) is 13.3. The third-order valence-electron chi connectivity index (χ3n) is 2.90. The fourth-order valence-electron chi connectivity index (χ4n) is 1.83. The van der Waals surface area contributed by atoms with Gasteiger partial charge in [-0.15, -0.1) is 10.2 Å². The molecule has 0 amide bonds. The van der Waals surface area contributed by atoms with Gasteiger partial charge in [-0.05, 0) is 36.4 Å². The molecule has 0 unspecified atom stereocenters. The molecule has 0 saturated heterocycles. The standard InChI is InChI=1S/C16H14BrN3O2/c17-12-6-8-13(9-7-12)18-10-15-19-20-16(22-15)11-21-14-4-2-1-3-5-14/h1-9,18H,10-11H2. The summed E-state index contributed by atoms with van der Waals surface area (Å²) in [5, 5.41) is 11.2. The molecule has 1 aromatic heterocycles. The van der Waals surface area contributed by atoms with Gasteiger partial charge in [0.2, 0.25) is 5.89 Å². The number of benzene rings is 2. The van der Waals surface area contributed by atoms with Crippen LogP contribution in [-0.4, -0.2) is 10.2 Å². The molecular weight excluding hydrogens is 346 g/mol. The fraction of sp³-hybridized carbons (Fsp3) is 0.125. The van der Waals surface area contributed by atoms with Crippen molar-refractivity contribution in [1.29, 1.82) is 0 Å². The highest BCUT2D eigenvalue weighted by atomic mass is 79.9. The Morgan fingerprint density at radius 3 is 2.45 bits per heavy atom. The molecule has 0 aliphatic rings. The molecule has 0 spiro atoms. The summed E-state index contributed by atoms with van der Waals surface area (Å²) in [6.07, 6.45) is 0. The number of nitrogens with one attached hydrogen (secondary N) is 1. The SMILES string of the molecule is Brc1ccc(NCc2nnc(COc3ccccc3)o2)cc1. The van der Waals surface area contributed by atoms with Crippen molar-refractivity contribution in [3.8, 4) is 5.75 Å². The first-order valence-corrected chi connectivity index (χ1v) is 7.57. The molecule has 1 heterocycles. The molecule has 0 aliphatic carbocycles. The first-order valence-electron chi connectivity index (χ1n) is 6.78. The van der Waals surface area contributed by atoms with Crippen LogP contribution in [-0.2, 0) is 13.2 Å². The van der Waals surface area contributed by atoms with Gasteiger partial charge in [-0.2, -0.15) is 0 Å². The number of aromatic nitrogens is 2. The van der Waals surface area contributed by atoms with Crippen molar-refractivity contribution in [2.24, 2.45) is 0 Å². The van der Waals surface area contributed by atoms with Gasteiger partial charge < -0.3 is 14.5 Å². The minimum absolute atomic E-state index is 0.259. The zero-order valence-electron chi connectivity index (χ0n) is 11.7. The quantitative estimate of drug-likeness (QED) is 0.719. The van der Waals surface area contributed by atoms with Crippen LogP contribution in [0.25, 0.3) is 0 Å². The van der Waals surface area contributed by atoms with Crippen molar-refractivity contribution in [2.75, 3.05) is 5.32 Å². The molecule has 0 bridgehead atoms. The normalized spacial score (nSPS) is 10.4. The van der Waals surface area contributed by atoms with Crippen LogP contribution in [0.3, 0.4) is 0 Å². The number of hydrogen-bond donors (Lipinski definition) is 1. The Morgan fingerprint density at radius 2 is 1.68 bits per heavy atom. The van der Waals surface area contributed by atoms with Gasteiger partial charge in [0, 0.05) is 10.2 Å². The molecule has 112 valence electrons. The van der Waals surface area contributed by atoms with Gasteiger partial charge in [0.15, 0.2) is 6.61 Å². The summed E-state index contributed by atoms with van der Waals surface area (Å²) in [5.41, 5.74) is 0.989. The van der Waals surface area contributed by atoms with E-state index in [0.29, 0.717) is 18.3 Å². The lowest BCUT2D eigenvalue weighted by atomic mass is 10.3. The number of halogens is 1. The van der Waals surface area contributed by atoms with E-state index in [2.05, 4.69) is 31.4 Å². The van der Waals surface area contributed by atoms with Gasteiger partial charge in [-0.25, -0.2) is 0 Å². The molecule has 0 saturated carbocycles. The molecule has 1 N–H and O–H groups in total. The number of ether oxygens (including phenoxy) is 1. The van der Waals surface area contributed by atoms with Gasteiger partial charge in [-0.1, -0.05) is 34.1 Å². The summed E-state index contributed by atoms with van der Waals surface area (Å²) in [6.45, 7) is 0.731. The van der Waals surface area contributed by atoms with Crippen molar-refractivity contribution in [2.45, 2.75) is 13.2 Å². The molecule has 0 radical (unpaired) electrons. The van der Waals surface area contributed by atoms with Crippen molar-refractivity contribution in [3.63, 3.8) is 0 Å². The number of rotatable bonds is 6. The van der Waals surface area contributed by atoms with Crippen LogP contribution in [0.1, 0.15) is 11.8 Å². The Morgan fingerprint density at radius 1 is 0.955 bits per heavy atom. The molecule has 0 fully saturated rings. The maximum absolute atomic E-state index is 5.56. The molecule has 0 atom stereocenters. The van der Waals surface area contributed by atoms with Gasteiger partial charge in [0.1, 0.15) is 5.75 Å². The minimum Gasteiger partial charge on any atom is -0.484 e. The Labute approximate surface area is 136 Å². The van der Waals surface area contributed by atoms with Crippen LogP contribution >= 0.6 is 15.9 Å². The van der Waals surface area contributed by atoms with E-state index in [4.69, 9.17) is 9.15 Å². The van der Waals surface area contributed by atoms with E-state index in [1.165, 1.54) is 0 Å². The van der Waals surface area contributed by atoms with Gasteiger partial charge in [0.25, 0.3) is 5.89 Å². The second kappa shape index (κ2) is 7.09. The van der Waals surface area contributed by atoms with Crippen LogP contribution in [0.15, 0.2) is 63.5 Å². The van der Waals surface area contributed by atoms with Crippen LogP contribution in [0.4, 0.5) is 5.69 Å². The highest BCUT2D eigenvalue weighted by Gasteiger charge is 2.06. The Balaban J connectivity index is 1.51. The number of para-hydroxylation sites is 1. The second-order valence-electron chi connectivity index (χ2n) is 4.55. The van der Waals surface area contributed by atoms with Crippen LogP contribution in [0, 0.1) is 0 Å². The summed E-state index contributed by atoms with van der Waals surface area (Å²) in [5.74, 6) is 1.75. The maximum Gasteiger partial charge on any atom is 0.253 e. The fourth-order valence-corrected chi connectivity index (χ4v) is 2.09. The molecule has 22 heavy (non-hydrogen) atoms. The molecule has 0 aliphatic heterocycles. The summed E-state index contributed by atoms with van der Waals surface area (Å²) in [6, 6.07) is 17.4. The van der Waals surface area contributed by atoms with E-state index in [9.17, 15) is 0 Å². The summed E-state index contributed by atoms with van der Waals surface area (Å²) >= 11 is 3.40. The van der Waals surface area contributed by atoms with Crippen molar-refractivity contribution in [1.82, 2.24) is 10.2 Å². The van der Waals surface area contributed by atoms with Crippen LogP contribution in [0.5, 0.6) is 5.75 Å². The van der Waals surface area contributed by atoms with Crippen molar-refractivity contribution < 1.29 is 9.15 Å². The topological polar surface area (TPSA) is 60.2 Å². The minimum atomic E-state index is 0.259. The summed E-state index contributed by atoms with van der Waals surface area (Å²) in [4.78, 5) is 0. The summed E-state index contributed by atoms with van der Waals surface area (Å²) in [7, 11) is 0. The lowest BCUT2D eigenvalue weighted by molar-refractivity contribution is 0.259. The Kier molecular flexibility index (Phi) is 4.70. The first-order chi connectivity index (χ1) is 10.8. The van der Waals surface area contributed by atoms with E-state index in [0.717, 1.165) is 15.9 Å². The lowest BCUT2D eigenvalue weighted by Crippen LogP contribution is -1.99. The third kappa shape index (κ3) is 4.08. The predicted octanol–water partition coefficient (Wildman–Crippen LogP) is 4.02. The van der Waals surface area contributed by atoms with Gasteiger partial charge in [-0.3, -0.25) is 0 Å². The highest BCUT2D eigenvalue weighted by molar-refractivity contribution is 9.10. The zero-order chi connectivity index (χ0) is 15.2. The number of hydrogen-bond acceptors (Lipinski definition) is 5. The lowest BCUT2D eigenvalue weighted by Gasteiger charge is -2.03. The van der Waals surface area contributed by atoms with E-state index >= 15 is 0 Å². The van der Waals surface area contributed by atoms with E-state index in [1.54, 1.807) is 0 Å². The monoisotopic (exact) mass is 359 g/mol. The van der Waals surface area contributed by atoms with Crippen LogP contribution < -0.4 is 10.1 Å². The van der Waals surface area contributed by atoms with Crippen molar-refractivity contribution >= 4 is 21.6 Å². The Bertz CT molecular complexity index is 714. The third-order valence-corrected chi connectivity index (χ3v) is 3.43.